The van der Waals surface area contributed by atoms with Gasteiger partial charge < -0.3 is 5.11 Å². The fourth-order valence-corrected chi connectivity index (χ4v) is 1.09. The first kappa shape index (κ1) is 9.38. The number of phenols is 1. The maximum absolute atomic E-state index is 12.6. The molecule has 0 unspecified atom stereocenters. The summed E-state index contributed by atoms with van der Waals surface area (Å²) < 4.78 is 36.6. The minimum absolute atomic E-state index is 0.0874. The highest BCUT2D eigenvalue weighted by molar-refractivity contribution is 9.10. The molecular formula is C7H4BrF3O. The Balaban J connectivity index is 3.23. The summed E-state index contributed by atoms with van der Waals surface area (Å²) in [5.74, 6) is -1.50. The van der Waals surface area contributed by atoms with E-state index in [0.29, 0.717) is 6.07 Å². The van der Waals surface area contributed by atoms with Crippen LogP contribution in [0.2, 0.25) is 0 Å². The minimum atomic E-state index is -2.80. The summed E-state index contributed by atoms with van der Waals surface area (Å²) in [5, 5.41) is 8.85. The molecule has 0 spiro atoms. The molecular weight excluding hydrogens is 237 g/mol. The van der Waals surface area contributed by atoms with Crippen LogP contribution in [0.5, 0.6) is 5.75 Å². The monoisotopic (exact) mass is 240 g/mol. The van der Waals surface area contributed by atoms with Gasteiger partial charge in [0.15, 0.2) is 0 Å². The van der Waals surface area contributed by atoms with Gasteiger partial charge in [0.25, 0.3) is 6.43 Å². The van der Waals surface area contributed by atoms with E-state index >= 15 is 0 Å². The average Bonchev–Trinajstić information content (AvgIpc) is 1.96. The Labute approximate surface area is 75.0 Å². The average molecular weight is 241 g/mol. The van der Waals surface area contributed by atoms with E-state index in [2.05, 4.69) is 15.9 Å². The van der Waals surface area contributed by atoms with Crippen molar-refractivity contribution in [3.05, 3.63) is 28.0 Å². The van der Waals surface area contributed by atoms with Crippen LogP contribution in [0.1, 0.15) is 12.0 Å². The molecule has 0 atom stereocenters. The van der Waals surface area contributed by atoms with Crippen LogP contribution in [0.4, 0.5) is 13.2 Å². The third kappa shape index (κ3) is 1.72. The van der Waals surface area contributed by atoms with E-state index in [-0.39, 0.29) is 4.47 Å². The minimum Gasteiger partial charge on any atom is -0.507 e. The van der Waals surface area contributed by atoms with Gasteiger partial charge in [0.2, 0.25) is 0 Å². The zero-order chi connectivity index (χ0) is 9.30. The molecule has 1 N–H and O–H groups in total. The molecule has 1 nitrogen and oxygen atoms in total. The normalized spacial score (nSPS) is 10.8. The van der Waals surface area contributed by atoms with Crippen molar-refractivity contribution < 1.29 is 18.3 Å². The highest BCUT2D eigenvalue weighted by Crippen LogP contribution is 2.32. The third-order valence-corrected chi connectivity index (χ3v) is 1.91. The van der Waals surface area contributed by atoms with Gasteiger partial charge in [-0.15, -0.1) is 0 Å². The zero-order valence-corrected chi connectivity index (χ0v) is 7.28. The predicted octanol–water partition coefficient (Wildman–Crippen LogP) is 3.23. The van der Waals surface area contributed by atoms with Gasteiger partial charge in [-0.3, -0.25) is 0 Å². The molecule has 5 heteroatoms. The Morgan fingerprint density at radius 2 is 1.92 bits per heavy atom. The lowest BCUT2D eigenvalue weighted by molar-refractivity contribution is 0.147. The molecule has 0 amide bonds. The standard InChI is InChI=1S/C7H4BrF3O/c8-4-1-3(7(10)11)6(12)2-5(4)9/h1-2,7,12H. The number of benzene rings is 1. The smallest absolute Gasteiger partial charge is 0.267 e. The molecule has 0 bridgehead atoms. The SMILES string of the molecule is Oc1cc(F)c(Br)cc1C(F)F. The number of rotatable bonds is 1. The van der Waals surface area contributed by atoms with Crippen molar-refractivity contribution in [2.75, 3.05) is 0 Å². The van der Waals surface area contributed by atoms with Crippen molar-refractivity contribution in [2.45, 2.75) is 6.43 Å². The molecule has 66 valence electrons. The lowest BCUT2D eigenvalue weighted by atomic mass is 10.2. The van der Waals surface area contributed by atoms with Crippen LogP contribution in [-0.4, -0.2) is 5.11 Å². The molecule has 0 fully saturated rings. The summed E-state index contributed by atoms with van der Waals surface area (Å²) in [6.45, 7) is 0. The number of hydrogen-bond acceptors (Lipinski definition) is 1. The van der Waals surface area contributed by atoms with Crippen LogP contribution in [0.15, 0.2) is 16.6 Å². The molecule has 0 heterocycles. The van der Waals surface area contributed by atoms with Crippen molar-refractivity contribution in [3.63, 3.8) is 0 Å². The molecule has 0 aliphatic heterocycles. The Hall–Kier alpha value is -0.710. The van der Waals surface area contributed by atoms with Gasteiger partial charge in [0.1, 0.15) is 11.6 Å². The zero-order valence-electron chi connectivity index (χ0n) is 5.69. The maximum Gasteiger partial charge on any atom is 0.267 e. The third-order valence-electron chi connectivity index (χ3n) is 1.30. The first-order valence-corrected chi connectivity index (χ1v) is 3.77. The van der Waals surface area contributed by atoms with Crippen LogP contribution >= 0.6 is 15.9 Å². The lowest BCUT2D eigenvalue weighted by Gasteiger charge is -2.03. The van der Waals surface area contributed by atoms with Crippen LogP contribution in [-0.2, 0) is 0 Å². The number of hydrogen-bond donors (Lipinski definition) is 1. The predicted molar refractivity (Wildman–Crippen MR) is 40.7 cm³/mol. The van der Waals surface area contributed by atoms with Crippen LogP contribution < -0.4 is 0 Å². The van der Waals surface area contributed by atoms with Crippen molar-refractivity contribution >= 4 is 15.9 Å². The number of alkyl halides is 2. The Kier molecular flexibility index (Phi) is 2.62. The summed E-state index contributed by atoms with van der Waals surface area (Å²) in [6, 6.07) is 1.50. The van der Waals surface area contributed by atoms with Crippen molar-refractivity contribution in [1.29, 1.82) is 0 Å². The van der Waals surface area contributed by atoms with E-state index in [1.165, 1.54) is 0 Å². The Bertz CT molecular complexity index is 301. The number of halogens is 4. The second kappa shape index (κ2) is 3.35. The highest BCUT2D eigenvalue weighted by atomic mass is 79.9. The van der Waals surface area contributed by atoms with Gasteiger partial charge in [0, 0.05) is 6.07 Å². The molecule has 1 aromatic rings. The largest absolute Gasteiger partial charge is 0.507 e. The molecule has 0 aliphatic rings. The van der Waals surface area contributed by atoms with Gasteiger partial charge in [-0.1, -0.05) is 0 Å². The van der Waals surface area contributed by atoms with Crippen LogP contribution in [0, 0.1) is 5.82 Å². The van der Waals surface area contributed by atoms with Crippen molar-refractivity contribution in [3.8, 4) is 5.75 Å². The fourth-order valence-electron chi connectivity index (χ4n) is 0.727. The first-order chi connectivity index (χ1) is 5.52. The number of aromatic hydroxyl groups is 1. The van der Waals surface area contributed by atoms with Gasteiger partial charge in [-0.05, 0) is 22.0 Å². The highest BCUT2D eigenvalue weighted by Gasteiger charge is 2.15. The van der Waals surface area contributed by atoms with Crippen molar-refractivity contribution in [1.82, 2.24) is 0 Å². The van der Waals surface area contributed by atoms with Crippen LogP contribution in [0.25, 0.3) is 0 Å². The van der Waals surface area contributed by atoms with Crippen LogP contribution in [0.3, 0.4) is 0 Å². The Morgan fingerprint density at radius 1 is 1.33 bits per heavy atom. The maximum atomic E-state index is 12.6. The second-order valence-corrected chi connectivity index (χ2v) is 2.98. The molecule has 0 aromatic heterocycles. The second-order valence-electron chi connectivity index (χ2n) is 2.13. The van der Waals surface area contributed by atoms with Gasteiger partial charge in [-0.25, -0.2) is 13.2 Å². The van der Waals surface area contributed by atoms with E-state index in [9.17, 15) is 13.2 Å². The summed E-state index contributed by atoms with van der Waals surface area (Å²) in [7, 11) is 0. The topological polar surface area (TPSA) is 20.2 Å². The molecule has 0 radical (unpaired) electrons. The quantitative estimate of drug-likeness (QED) is 0.800. The number of phenolic OH excluding ortho intramolecular Hbond substituents is 1. The summed E-state index contributed by atoms with van der Waals surface area (Å²) >= 11 is 2.73. The van der Waals surface area contributed by atoms with E-state index in [4.69, 9.17) is 5.11 Å². The van der Waals surface area contributed by atoms with Gasteiger partial charge in [0.05, 0.1) is 10.0 Å². The summed E-state index contributed by atoms with van der Waals surface area (Å²) in [5.41, 5.74) is -0.580. The lowest BCUT2D eigenvalue weighted by Crippen LogP contribution is -1.87. The fraction of sp³-hybridized carbons (Fsp3) is 0.143. The van der Waals surface area contributed by atoms with E-state index in [0.717, 1.165) is 6.07 Å². The van der Waals surface area contributed by atoms with Gasteiger partial charge in [-0.2, -0.15) is 0 Å². The van der Waals surface area contributed by atoms with Crippen molar-refractivity contribution in [2.24, 2.45) is 0 Å². The van der Waals surface area contributed by atoms with E-state index in [1.54, 1.807) is 0 Å². The summed E-state index contributed by atoms with van der Waals surface area (Å²) in [4.78, 5) is 0. The summed E-state index contributed by atoms with van der Waals surface area (Å²) in [6.07, 6.45) is -2.80. The molecule has 0 saturated carbocycles. The molecule has 0 saturated heterocycles. The first-order valence-electron chi connectivity index (χ1n) is 2.98. The van der Waals surface area contributed by atoms with E-state index in [1.807, 2.05) is 0 Å². The molecule has 0 aliphatic carbocycles. The molecule has 12 heavy (non-hydrogen) atoms. The molecule has 1 aromatic carbocycles. The van der Waals surface area contributed by atoms with Gasteiger partial charge >= 0.3 is 0 Å². The van der Waals surface area contributed by atoms with E-state index < -0.39 is 23.6 Å². The molecule has 1 rings (SSSR count). The Morgan fingerprint density at radius 3 is 2.42 bits per heavy atom.